The summed E-state index contributed by atoms with van der Waals surface area (Å²) in [5, 5.41) is 17.6. The number of aromatic nitrogens is 2. The van der Waals surface area contributed by atoms with Gasteiger partial charge in [0.25, 0.3) is 10.0 Å². The molecule has 2 rings (SSSR count). The number of hydrogen-bond acceptors (Lipinski definition) is 4. The third-order valence-corrected chi connectivity index (χ3v) is 2.65. The highest BCUT2D eigenvalue weighted by Gasteiger charge is 2.18. The molecule has 0 aliphatic carbocycles. The van der Waals surface area contributed by atoms with E-state index >= 15 is 0 Å². The van der Waals surface area contributed by atoms with Crippen molar-refractivity contribution in [2.75, 3.05) is 0 Å². The molecule has 0 unspecified atom stereocenters. The summed E-state index contributed by atoms with van der Waals surface area (Å²) < 4.78 is 22.1. The van der Waals surface area contributed by atoms with E-state index in [-0.39, 0.29) is 5.03 Å². The number of para-hydroxylation sites is 1. The number of fused-ring (bicyclic) bond motifs is 1. The maximum absolute atomic E-state index is 11.1. The first-order valence-corrected chi connectivity index (χ1v) is 5.24. The average Bonchev–Trinajstić information content (AvgIpc) is 2.44. The Morgan fingerprint density at radius 3 is 2.64 bits per heavy atom. The summed E-state index contributed by atoms with van der Waals surface area (Å²) in [5.41, 5.74) is 0.302. The molecule has 74 valence electrons. The topological polar surface area (TPSA) is 98.2 Å². The highest BCUT2D eigenvalue weighted by Crippen LogP contribution is 2.19. The molecule has 1 aromatic carbocycles. The zero-order valence-electron chi connectivity index (χ0n) is 6.95. The lowest BCUT2D eigenvalue weighted by atomic mass is 10.3. The first-order valence-electron chi connectivity index (χ1n) is 3.70. The Labute approximate surface area is 79.6 Å². The van der Waals surface area contributed by atoms with Gasteiger partial charge in [-0.05, 0) is 12.1 Å². The molecule has 6 nitrogen and oxygen atoms in total. The lowest BCUT2D eigenvalue weighted by Crippen LogP contribution is -2.13. The maximum atomic E-state index is 11.1. The predicted molar refractivity (Wildman–Crippen MR) is 48.3 cm³/mol. The van der Waals surface area contributed by atoms with Crippen molar-refractivity contribution in [3.8, 4) is 0 Å². The van der Waals surface area contributed by atoms with Gasteiger partial charge in [-0.15, -0.1) is 9.94 Å². The largest absolute Gasteiger partial charge is 0.411 e. The van der Waals surface area contributed by atoms with Crippen LogP contribution in [-0.4, -0.2) is 23.6 Å². The summed E-state index contributed by atoms with van der Waals surface area (Å²) in [5.74, 6) is 0. The number of sulfonamides is 1. The van der Waals surface area contributed by atoms with Crippen LogP contribution in [0, 0.1) is 0 Å². The van der Waals surface area contributed by atoms with E-state index in [1.807, 2.05) is 0 Å². The van der Waals surface area contributed by atoms with Crippen LogP contribution >= 0.6 is 0 Å². The minimum atomic E-state index is -3.90. The summed E-state index contributed by atoms with van der Waals surface area (Å²) in [6, 6.07) is 6.36. The van der Waals surface area contributed by atoms with Crippen LogP contribution in [-0.2, 0) is 10.0 Å². The van der Waals surface area contributed by atoms with Crippen LogP contribution < -0.4 is 5.14 Å². The molecule has 1 heterocycles. The van der Waals surface area contributed by atoms with E-state index in [4.69, 9.17) is 5.14 Å². The average molecular weight is 213 g/mol. The van der Waals surface area contributed by atoms with Crippen molar-refractivity contribution in [1.82, 2.24) is 9.94 Å². The zero-order chi connectivity index (χ0) is 10.3. The standard InChI is InChI=1S/C7H7N3O3S/c8-14(12,13)7-5-3-1-2-4-6(5)10(11)9-7/h1-4,11H,(H2,8,12,13). The number of primary sulfonamides is 1. The fourth-order valence-corrected chi connectivity index (χ4v) is 1.90. The molecular formula is C7H7N3O3S. The molecule has 0 spiro atoms. The quantitative estimate of drug-likeness (QED) is 0.647. The number of benzene rings is 1. The summed E-state index contributed by atoms with van der Waals surface area (Å²) in [4.78, 5) is 0.495. The molecule has 0 saturated heterocycles. The van der Waals surface area contributed by atoms with E-state index in [0.29, 0.717) is 15.7 Å². The highest BCUT2D eigenvalue weighted by molar-refractivity contribution is 7.89. The minimum absolute atomic E-state index is 0.302. The zero-order valence-corrected chi connectivity index (χ0v) is 7.77. The van der Waals surface area contributed by atoms with Crippen molar-refractivity contribution in [3.05, 3.63) is 24.3 Å². The number of hydrogen-bond donors (Lipinski definition) is 2. The van der Waals surface area contributed by atoms with E-state index in [0.717, 1.165) is 0 Å². The molecule has 0 amide bonds. The highest BCUT2D eigenvalue weighted by atomic mass is 32.2. The second-order valence-corrected chi connectivity index (χ2v) is 4.23. The van der Waals surface area contributed by atoms with Crippen molar-refractivity contribution >= 4 is 20.9 Å². The number of nitrogens with zero attached hydrogens (tertiary/aromatic N) is 2. The Morgan fingerprint density at radius 2 is 2.00 bits per heavy atom. The van der Waals surface area contributed by atoms with Gasteiger partial charge >= 0.3 is 0 Å². The second-order valence-electron chi connectivity index (χ2n) is 2.76. The van der Waals surface area contributed by atoms with Gasteiger partial charge in [0.2, 0.25) is 5.03 Å². The van der Waals surface area contributed by atoms with Crippen molar-refractivity contribution < 1.29 is 13.6 Å². The molecule has 0 aliphatic rings. The van der Waals surface area contributed by atoms with Crippen LogP contribution in [0.25, 0.3) is 10.9 Å². The van der Waals surface area contributed by atoms with Crippen LogP contribution in [0.3, 0.4) is 0 Å². The molecule has 7 heteroatoms. The molecule has 0 aliphatic heterocycles. The van der Waals surface area contributed by atoms with Gasteiger partial charge in [0.1, 0.15) is 5.52 Å². The Kier molecular flexibility index (Phi) is 1.73. The first kappa shape index (κ1) is 8.97. The minimum Gasteiger partial charge on any atom is -0.411 e. The Hall–Kier alpha value is -1.60. The van der Waals surface area contributed by atoms with Crippen LogP contribution in [0.4, 0.5) is 0 Å². The normalized spacial score (nSPS) is 12.1. The molecule has 14 heavy (non-hydrogen) atoms. The SMILES string of the molecule is NS(=O)(=O)c1nn(O)c2ccccc12. The Bertz CT molecular complexity index is 587. The van der Waals surface area contributed by atoms with E-state index in [1.165, 1.54) is 12.1 Å². The Morgan fingerprint density at radius 1 is 1.36 bits per heavy atom. The van der Waals surface area contributed by atoms with Gasteiger partial charge < -0.3 is 5.21 Å². The van der Waals surface area contributed by atoms with E-state index in [1.54, 1.807) is 12.1 Å². The molecule has 0 radical (unpaired) electrons. The smallest absolute Gasteiger partial charge is 0.258 e. The van der Waals surface area contributed by atoms with Gasteiger partial charge in [0, 0.05) is 5.39 Å². The van der Waals surface area contributed by atoms with Gasteiger partial charge in [0.05, 0.1) is 0 Å². The van der Waals surface area contributed by atoms with Crippen molar-refractivity contribution in [2.24, 2.45) is 5.14 Å². The van der Waals surface area contributed by atoms with E-state index in [9.17, 15) is 13.6 Å². The molecule has 0 fully saturated rings. The van der Waals surface area contributed by atoms with E-state index in [2.05, 4.69) is 5.10 Å². The van der Waals surface area contributed by atoms with Gasteiger partial charge in [0.15, 0.2) is 0 Å². The molecule has 0 atom stereocenters. The molecular weight excluding hydrogens is 206 g/mol. The van der Waals surface area contributed by atoms with Crippen molar-refractivity contribution in [3.63, 3.8) is 0 Å². The lowest BCUT2D eigenvalue weighted by Gasteiger charge is -1.90. The molecule has 2 aromatic rings. The van der Waals surface area contributed by atoms with Crippen LogP contribution in [0.15, 0.2) is 29.3 Å². The first-order chi connectivity index (χ1) is 6.50. The number of rotatable bonds is 1. The van der Waals surface area contributed by atoms with Gasteiger partial charge in [-0.2, -0.15) is 0 Å². The van der Waals surface area contributed by atoms with Gasteiger partial charge in [-0.1, -0.05) is 12.1 Å². The van der Waals surface area contributed by atoms with Gasteiger partial charge in [-0.3, -0.25) is 0 Å². The van der Waals surface area contributed by atoms with Crippen LogP contribution in [0.2, 0.25) is 0 Å². The fourth-order valence-electron chi connectivity index (χ4n) is 1.23. The lowest BCUT2D eigenvalue weighted by molar-refractivity contribution is 0.157. The molecule has 1 aromatic heterocycles. The second kappa shape index (κ2) is 2.69. The van der Waals surface area contributed by atoms with Crippen molar-refractivity contribution in [2.45, 2.75) is 5.03 Å². The third kappa shape index (κ3) is 1.22. The summed E-state index contributed by atoms with van der Waals surface area (Å²) in [6.45, 7) is 0. The van der Waals surface area contributed by atoms with Crippen LogP contribution in [0.1, 0.15) is 0 Å². The summed E-state index contributed by atoms with van der Waals surface area (Å²) in [6.07, 6.45) is 0. The monoisotopic (exact) mass is 213 g/mol. The maximum Gasteiger partial charge on any atom is 0.258 e. The molecule has 0 bridgehead atoms. The number of nitrogens with two attached hydrogens (primary N) is 1. The van der Waals surface area contributed by atoms with Gasteiger partial charge in [-0.25, -0.2) is 13.6 Å². The third-order valence-electron chi connectivity index (χ3n) is 1.80. The molecule has 3 N–H and O–H groups in total. The predicted octanol–water partition coefficient (Wildman–Crippen LogP) is -0.0790. The fraction of sp³-hybridized carbons (Fsp3) is 0. The van der Waals surface area contributed by atoms with E-state index < -0.39 is 10.0 Å². The summed E-state index contributed by atoms with van der Waals surface area (Å²) in [7, 11) is -3.90. The Balaban J connectivity index is 2.93. The van der Waals surface area contributed by atoms with Crippen molar-refractivity contribution in [1.29, 1.82) is 0 Å². The van der Waals surface area contributed by atoms with Crippen LogP contribution in [0.5, 0.6) is 0 Å². The molecule has 0 saturated carbocycles. The summed E-state index contributed by atoms with van der Waals surface area (Å²) >= 11 is 0.